The zero-order valence-corrected chi connectivity index (χ0v) is 11.2. The molecule has 0 radical (unpaired) electrons. The van der Waals surface area contributed by atoms with Crippen molar-refractivity contribution in [1.29, 1.82) is 0 Å². The van der Waals surface area contributed by atoms with Gasteiger partial charge in [-0.05, 0) is 36.6 Å². The summed E-state index contributed by atoms with van der Waals surface area (Å²) in [4.78, 5) is 24.0. The third-order valence-corrected chi connectivity index (χ3v) is 3.32. The fourth-order valence-electron chi connectivity index (χ4n) is 1.54. The number of rotatable bonds is 4. The topological polar surface area (TPSA) is 46.2 Å². The highest BCUT2D eigenvalue weighted by Crippen LogP contribution is 2.13. The number of hydrogen-bond donors (Lipinski definition) is 1. The van der Waals surface area contributed by atoms with Crippen LogP contribution in [0.3, 0.4) is 0 Å². The van der Waals surface area contributed by atoms with Crippen LogP contribution in [0.1, 0.15) is 22.2 Å². The van der Waals surface area contributed by atoms with Crippen LogP contribution in [-0.4, -0.2) is 11.7 Å². The molecule has 0 fully saturated rings. The molecule has 2 aromatic rings. The fourth-order valence-corrected chi connectivity index (χ4v) is 2.16. The smallest absolute Gasteiger partial charge is 0.248 e. The highest BCUT2D eigenvalue weighted by molar-refractivity contribution is 7.10. The van der Waals surface area contributed by atoms with Crippen LogP contribution in [0, 0.1) is 0 Å². The van der Waals surface area contributed by atoms with Gasteiger partial charge in [0.1, 0.15) is 0 Å². The summed E-state index contributed by atoms with van der Waals surface area (Å²) in [6.07, 6.45) is 3.24. The van der Waals surface area contributed by atoms with E-state index < -0.39 is 0 Å². The molecule has 1 heterocycles. The zero-order valence-electron chi connectivity index (χ0n) is 10.4. The first-order valence-corrected chi connectivity index (χ1v) is 6.67. The van der Waals surface area contributed by atoms with Crippen molar-refractivity contribution in [2.24, 2.45) is 0 Å². The number of ketones is 1. The van der Waals surface area contributed by atoms with E-state index in [1.165, 1.54) is 13.0 Å². The van der Waals surface area contributed by atoms with E-state index in [-0.39, 0.29) is 11.7 Å². The molecule has 0 saturated carbocycles. The van der Waals surface area contributed by atoms with Gasteiger partial charge in [-0.15, -0.1) is 11.3 Å². The highest BCUT2D eigenvalue weighted by Gasteiger charge is 2.02. The molecule has 2 rings (SSSR count). The Morgan fingerprint density at radius 1 is 1.21 bits per heavy atom. The third-order valence-electron chi connectivity index (χ3n) is 2.48. The molecule has 0 saturated heterocycles. The first-order valence-electron chi connectivity index (χ1n) is 5.79. The molecule has 3 nitrogen and oxygen atoms in total. The Kier molecular flexibility index (Phi) is 4.26. The molecule has 0 spiro atoms. The van der Waals surface area contributed by atoms with E-state index >= 15 is 0 Å². The number of anilines is 1. The number of carbonyl (C=O) groups excluding carboxylic acids is 2. The Morgan fingerprint density at radius 3 is 2.74 bits per heavy atom. The van der Waals surface area contributed by atoms with E-state index in [1.54, 1.807) is 41.7 Å². The summed E-state index contributed by atoms with van der Waals surface area (Å²) < 4.78 is 0. The van der Waals surface area contributed by atoms with E-state index in [4.69, 9.17) is 0 Å². The molecule has 0 bridgehead atoms. The van der Waals surface area contributed by atoms with Crippen LogP contribution in [0.25, 0.3) is 6.08 Å². The van der Waals surface area contributed by atoms with Gasteiger partial charge in [-0.1, -0.05) is 18.2 Å². The molecule has 4 heteroatoms. The molecule has 96 valence electrons. The van der Waals surface area contributed by atoms with Gasteiger partial charge < -0.3 is 5.32 Å². The van der Waals surface area contributed by atoms with Gasteiger partial charge in [0.2, 0.25) is 5.91 Å². The van der Waals surface area contributed by atoms with Crippen molar-refractivity contribution in [2.45, 2.75) is 6.92 Å². The summed E-state index contributed by atoms with van der Waals surface area (Å²) in [7, 11) is 0. The molecule has 0 aliphatic rings. The molecule has 1 N–H and O–H groups in total. The first kappa shape index (κ1) is 13.2. The van der Waals surface area contributed by atoms with Gasteiger partial charge in [0, 0.05) is 22.2 Å². The number of carbonyl (C=O) groups is 2. The van der Waals surface area contributed by atoms with Crippen LogP contribution >= 0.6 is 11.3 Å². The third kappa shape index (κ3) is 3.89. The van der Waals surface area contributed by atoms with E-state index in [2.05, 4.69) is 5.32 Å². The number of nitrogens with one attached hydrogen (secondary N) is 1. The maximum Gasteiger partial charge on any atom is 0.248 e. The van der Waals surface area contributed by atoms with Crippen molar-refractivity contribution in [3.63, 3.8) is 0 Å². The maximum atomic E-state index is 11.7. The molecular formula is C15H13NO2S. The minimum Gasteiger partial charge on any atom is -0.322 e. The predicted octanol–water partition coefficient (Wildman–Crippen LogP) is 3.60. The number of Topliss-reactive ketones (excluding diaryl/α,β-unsaturated/α-hetero) is 1. The Balaban J connectivity index is 2.03. The van der Waals surface area contributed by atoms with Gasteiger partial charge in [-0.25, -0.2) is 0 Å². The summed E-state index contributed by atoms with van der Waals surface area (Å²) in [5.74, 6) is -0.237. The van der Waals surface area contributed by atoms with Gasteiger partial charge in [-0.2, -0.15) is 0 Å². The Bertz CT molecular complexity index is 615. The number of benzene rings is 1. The molecular weight excluding hydrogens is 258 g/mol. The van der Waals surface area contributed by atoms with Crippen LogP contribution in [0.15, 0.2) is 47.9 Å². The number of amides is 1. The summed E-state index contributed by atoms with van der Waals surface area (Å²) in [6, 6.07) is 10.8. The van der Waals surface area contributed by atoms with E-state index in [0.717, 1.165) is 4.88 Å². The van der Waals surface area contributed by atoms with Gasteiger partial charge in [0.05, 0.1) is 0 Å². The molecule has 19 heavy (non-hydrogen) atoms. The summed E-state index contributed by atoms with van der Waals surface area (Å²) in [5.41, 5.74) is 1.20. The summed E-state index contributed by atoms with van der Waals surface area (Å²) in [5, 5.41) is 4.68. The van der Waals surface area contributed by atoms with Crippen molar-refractivity contribution >= 4 is 34.8 Å². The van der Waals surface area contributed by atoms with E-state index in [1.807, 2.05) is 17.5 Å². The van der Waals surface area contributed by atoms with Crippen molar-refractivity contribution in [2.75, 3.05) is 5.32 Å². The minimum absolute atomic E-state index is 0.0229. The molecule has 1 aromatic carbocycles. The zero-order chi connectivity index (χ0) is 13.7. The fraction of sp³-hybridized carbons (Fsp3) is 0.0667. The molecule has 1 amide bonds. The Morgan fingerprint density at radius 2 is 2.05 bits per heavy atom. The van der Waals surface area contributed by atoms with Crippen molar-refractivity contribution in [3.05, 3.63) is 58.3 Å². The van der Waals surface area contributed by atoms with Crippen molar-refractivity contribution in [1.82, 2.24) is 0 Å². The van der Waals surface area contributed by atoms with Gasteiger partial charge in [0.25, 0.3) is 0 Å². The summed E-state index contributed by atoms with van der Waals surface area (Å²) in [6.45, 7) is 1.50. The lowest BCUT2D eigenvalue weighted by Gasteiger charge is -2.03. The maximum absolute atomic E-state index is 11.7. The lowest BCUT2D eigenvalue weighted by molar-refractivity contribution is -0.111. The van der Waals surface area contributed by atoms with Crippen LogP contribution in [-0.2, 0) is 4.79 Å². The minimum atomic E-state index is -0.214. The van der Waals surface area contributed by atoms with Gasteiger partial charge in [-0.3, -0.25) is 9.59 Å². The van der Waals surface area contributed by atoms with E-state index in [9.17, 15) is 9.59 Å². The van der Waals surface area contributed by atoms with Crippen LogP contribution in [0.2, 0.25) is 0 Å². The normalized spacial score (nSPS) is 10.6. The Hall–Kier alpha value is -2.20. The average Bonchev–Trinajstić information content (AvgIpc) is 2.90. The molecule has 0 aliphatic heterocycles. The van der Waals surface area contributed by atoms with E-state index in [0.29, 0.717) is 11.3 Å². The lowest BCUT2D eigenvalue weighted by Crippen LogP contribution is -2.08. The second kappa shape index (κ2) is 6.11. The van der Waals surface area contributed by atoms with Crippen molar-refractivity contribution in [3.8, 4) is 0 Å². The van der Waals surface area contributed by atoms with Crippen LogP contribution in [0.4, 0.5) is 5.69 Å². The van der Waals surface area contributed by atoms with Crippen molar-refractivity contribution < 1.29 is 9.59 Å². The summed E-state index contributed by atoms with van der Waals surface area (Å²) >= 11 is 1.57. The lowest BCUT2D eigenvalue weighted by atomic mass is 10.1. The average molecular weight is 271 g/mol. The van der Waals surface area contributed by atoms with Crippen LogP contribution < -0.4 is 5.32 Å². The van der Waals surface area contributed by atoms with Crippen LogP contribution in [0.5, 0.6) is 0 Å². The van der Waals surface area contributed by atoms with Gasteiger partial charge in [0.15, 0.2) is 5.78 Å². The monoisotopic (exact) mass is 271 g/mol. The first-order chi connectivity index (χ1) is 9.15. The van der Waals surface area contributed by atoms with Gasteiger partial charge >= 0.3 is 0 Å². The largest absolute Gasteiger partial charge is 0.322 e. The molecule has 1 aromatic heterocycles. The second-order valence-electron chi connectivity index (χ2n) is 3.97. The highest BCUT2D eigenvalue weighted by atomic mass is 32.1. The molecule has 0 aliphatic carbocycles. The number of hydrogen-bond acceptors (Lipinski definition) is 3. The molecule has 0 unspecified atom stereocenters. The standard InChI is InChI=1S/C15H13NO2S/c1-11(17)12-4-2-5-13(10-12)16-15(18)8-7-14-6-3-9-19-14/h2-10H,1H3,(H,16,18). The second-order valence-corrected chi connectivity index (χ2v) is 4.95. The number of thiophene rings is 1. The SMILES string of the molecule is CC(=O)c1cccc(NC(=O)C=Cc2cccs2)c1. The molecule has 0 atom stereocenters. The quantitative estimate of drug-likeness (QED) is 0.682. The Labute approximate surface area is 115 Å². The predicted molar refractivity (Wildman–Crippen MR) is 78.4 cm³/mol.